The van der Waals surface area contributed by atoms with E-state index < -0.39 is 6.04 Å². The summed E-state index contributed by atoms with van der Waals surface area (Å²) in [6.07, 6.45) is 3.23. The second-order valence-electron chi connectivity index (χ2n) is 8.84. The van der Waals surface area contributed by atoms with Crippen molar-refractivity contribution in [3.05, 3.63) is 69.1 Å². The van der Waals surface area contributed by atoms with Crippen molar-refractivity contribution in [2.75, 3.05) is 26.3 Å². The van der Waals surface area contributed by atoms with Gasteiger partial charge in [0.25, 0.3) is 5.91 Å². The maximum atomic E-state index is 12.9. The van der Waals surface area contributed by atoms with Gasteiger partial charge in [0.1, 0.15) is 6.04 Å². The Bertz CT molecular complexity index is 1030. The molecule has 3 aliphatic heterocycles. The first kappa shape index (κ1) is 21.4. The Hall–Kier alpha value is -2.48. The summed E-state index contributed by atoms with van der Waals surface area (Å²) in [6, 6.07) is 8.51. The summed E-state index contributed by atoms with van der Waals surface area (Å²) < 4.78 is 5.42. The third kappa shape index (κ3) is 4.37. The average Bonchev–Trinajstić information content (AvgIpc) is 3.34. The van der Waals surface area contributed by atoms with Crippen molar-refractivity contribution in [2.24, 2.45) is 0 Å². The first-order chi connectivity index (χ1) is 15.6. The smallest absolute Gasteiger partial charge is 0.256 e. The molecule has 2 amide bonds. The second kappa shape index (κ2) is 9.17. The first-order valence-electron chi connectivity index (χ1n) is 11.4. The van der Waals surface area contributed by atoms with Crippen LogP contribution in [0, 0.1) is 0 Å². The number of carbonyl (C=O) groups excluding carboxylic acids is 2. The zero-order chi connectivity index (χ0) is 22.1. The van der Waals surface area contributed by atoms with E-state index in [2.05, 4.69) is 41.1 Å². The van der Waals surface area contributed by atoms with Crippen molar-refractivity contribution in [1.29, 1.82) is 0 Å². The zero-order valence-corrected chi connectivity index (χ0v) is 19.1. The number of rotatable bonds is 6. The number of carbonyl (C=O) groups is 2. The minimum absolute atomic E-state index is 0. The van der Waals surface area contributed by atoms with E-state index in [1.54, 1.807) is 16.2 Å². The molecule has 0 spiro atoms. The number of amides is 2. The minimum atomic E-state index is -0.391. The number of allylic oxidation sites excluding steroid dienone is 1. The fourth-order valence-corrected chi connectivity index (χ4v) is 5.82. The predicted octanol–water partition coefficient (Wildman–Crippen LogP) is 3.36. The first-order valence-corrected chi connectivity index (χ1v) is 12.2. The summed E-state index contributed by atoms with van der Waals surface area (Å²) in [4.78, 5) is 30.7. The monoisotopic (exact) mass is 453 g/mol. The molecule has 1 aromatic heterocycles. The van der Waals surface area contributed by atoms with Crippen LogP contribution in [0.15, 0.2) is 41.9 Å². The lowest BCUT2D eigenvalue weighted by molar-refractivity contribution is -0.126. The highest BCUT2D eigenvalue weighted by molar-refractivity contribution is 7.10. The summed E-state index contributed by atoms with van der Waals surface area (Å²) in [5.74, 6) is -0.121. The molecule has 3 aliphatic rings. The summed E-state index contributed by atoms with van der Waals surface area (Å²) in [6.45, 7) is 8.99. The number of piperidine rings is 1. The molecule has 2 aromatic rings. The van der Waals surface area contributed by atoms with Crippen LogP contribution in [-0.4, -0.2) is 54.0 Å². The number of aryl methyl sites for hydroxylation is 2. The number of thiophene rings is 1. The van der Waals surface area contributed by atoms with Gasteiger partial charge in [0.2, 0.25) is 5.91 Å². The molecule has 0 aliphatic carbocycles. The molecule has 7 heteroatoms. The Labute approximate surface area is 194 Å². The molecule has 2 saturated heterocycles. The molecule has 2 fully saturated rings. The summed E-state index contributed by atoms with van der Waals surface area (Å²) in [5, 5.41) is 4.77. The van der Waals surface area contributed by atoms with Crippen LogP contribution >= 0.6 is 11.3 Å². The molecule has 1 N–H and O–H groups in total. The lowest BCUT2D eigenvalue weighted by Crippen LogP contribution is -2.49. The molecule has 0 radical (unpaired) electrons. The van der Waals surface area contributed by atoms with E-state index in [4.69, 9.17) is 4.74 Å². The van der Waals surface area contributed by atoms with E-state index in [0.717, 1.165) is 68.9 Å². The van der Waals surface area contributed by atoms with Gasteiger partial charge in [-0.3, -0.25) is 14.5 Å². The van der Waals surface area contributed by atoms with Crippen molar-refractivity contribution in [2.45, 2.75) is 44.8 Å². The van der Waals surface area contributed by atoms with Crippen LogP contribution in [0.5, 0.6) is 0 Å². The van der Waals surface area contributed by atoms with Gasteiger partial charge in [-0.1, -0.05) is 30.8 Å². The normalized spacial score (nSPS) is 21.7. The number of hydrogen-bond donors (Lipinski definition) is 1. The molecular formula is C25H31N3O3S. The number of nitrogens with zero attached hydrogens (tertiary/aromatic N) is 2. The van der Waals surface area contributed by atoms with Gasteiger partial charge in [0.05, 0.1) is 18.8 Å². The molecule has 0 saturated carbocycles. The van der Waals surface area contributed by atoms with Crippen LogP contribution in [0.2, 0.25) is 0 Å². The Kier molecular flexibility index (Phi) is 6.13. The number of fused-ring (bicyclic) bond motifs is 1. The summed E-state index contributed by atoms with van der Waals surface area (Å²) >= 11 is 1.67. The summed E-state index contributed by atoms with van der Waals surface area (Å²) in [5.41, 5.74) is 5.28. The number of morpholine rings is 1. The highest BCUT2D eigenvalue weighted by Crippen LogP contribution is 2.34. The van der Waals surface area contributed by atoms with Gasteiger partial charge in [-0.05, 0) is 42.4 Å². The van der Waals surface area contributed by atoms with Crippen LogP contribution in [0.4, 0.5) is 0 Å². The summed E-state index contributed by atoms with van der Waals surface area (Å²) in [7, 11) is 0. The van der Waals surface area contributed by atoms with Gasteiger partial charge >= 0.3 is 0 Å². The van der Waals surface area contributed by atoms with E-state index in [9.17, 15) is 9.59 Å². The van der Waals surface area contributed by atoms with Gasteiger partial charge in [-0.2, -0.15) is 0 Å². The third-order valence-electron chi connectivity index (χ3n) is 6.67. The van der Waals surface area contributed by atoms with Crippen LogP contribution in [0.3, 0.4) is 0 Å². The highest BCUT2D eigenvalue weighted by Gasteiger charge is 2.39. The van der Waals surface area contributed by atoms with Crippen molar-refractivity contribution in [3.8, 4) is 0 Å². The highest BCUT2D eigenvalue weighted by atomic mass is 32.1. The van der Waals surface area contributed by atoms with Crippen molar-refractivity contribution in [1.82, 2.24) is 15.1 Å². The Morgan fingerprint density at radius 3 is 2.62 bits per heavy atom. The largest absolute Gasteiger partial charge is 0.379 e. The fourth-order valence-electron chi connectivity index (χ4n) is 4.78. The number of ether oxygens (including phenoxy) is 1. The molecule has 1 aromatic carbocycles. The van der Waals surface area contributed by atoms with E-state index in [1.807, 2.05) is 5.38 Å². The van der Waals surface area contributed by atoms with E-state index >= 15 is 0 Å². The predicted molar refractivity (Wildman–Crippen MR) is 127 cm³/mol. The maximum absolute atomic E-state index is 12.9. The van der Waals surface area contributed by atoms with Crippen LogP contribution < -0.4 is 5.32 Å². The maximum Gasteiger partial charge on any atom is 0.256 e. The standard InChI is InChI=1S/C25H29N3O3S.H2/c1-17-2-8-22(24(29)26-17)28-15-20-21(25(28)30)16-32-23(20)9-7-18-3-5-19(6-4-18)14-27-10-12-31-13-11-27;/h3-6,16,22H,1-2,7-15H2,(H,26,29);1H/t22-;/m0./s1. The van der Waals surface area contributed by atoms with Crippen molar-refractivity contribution < 1.29 is 15.8 Å². The van der Waals surface area contributed by atoms with E-state index in [0.29, 0.717) is 13.0 Å². The van der Waals surface area contributed by atoms with Gasteiger partial charge < -0.3 is 15.0 Å². The van der Waals surface area contributed by atoms with Crippen molar-refractivity contribution >= 4 is 23.2 Å². The van der Waals surface area contributed by atoms with E-state index in [1.165, 1.54) is 16.0 Å². The average molecular weight is 454 g/mol. The minimum Gasteiger partial charge on any atom is -0.379 e. The van der Waals surface area contributed by atoms with Gasteiger partial charge in [0, 0.05) is 43.6 Å². The molecule has 0 bridgehead atoms. The molecule has 5 rings (SSSR count). The molecule has 0 unspecified atom stereocenters. The van der Waals surface area contributed by atoms with Crippen LogP contribution in [-0.2, 0) is 35.5 Å². The number of nitrogens with one attached hydrogen (secondary N) is 1. The molecule has 170 valence electrons. The third-order valence-corrected chi connectivity index (χ3v) is 7.76. The van der Waals surface area contributed by atoms with Gasteiger partial charge in [-0.25, -0.2) is 0 Å². The fraction of sp³-hybridized carbons (Fsp3) is 0.440. The quantitative estimate of drug-likeness (QED) is 0.729. The molecule has 1 atom stereocenters. The van der Waals surface area contributed by atoms with Crippen LogP contribution in [0.25, 0.3) is 0 Å². The Balaban J connectivity index is 0.00000259. The van der Waals surface area contributed by atoms with E-state index in [-0.39, 0.29) is 13.2 Å². The lowest BCUT2D eigenvalue weighted by atomic mass is 10.0. The lowest BCUT2D eigenvalue weighted by Gasteiger charge is -2.31. The second-order valence-corrected chi connectivity index (χ2v) is 9.80. The van der Waals surface area contributed by atoms with Gasteiger partial charge in [-0.15, -0.1) is 11.3 Å². The zero-order valence-electron chi connectivity index (χ0n) is 18.3. The molecule has 32 heavy (non-hydrogen) atoms. The Morgan fingerprint density at radius 2 is 1.88 bits per heavy atom. The topological polar surface area (TPSA) is 61.9 Å². The van der Waals surface area contributed by atoms with Crippen LogP contribution in [0.1, 0.15) is 46.2 Å². The Morgan fingerprint density at radius 1 is 1.12 bits per heavy atom. The molecule has 4 heterocycles. The molecular weight excluding hydrogens is 422 g/mol. The van der Waals surface area contributed by atoms with Crippen molar-refractivity contribution in [3.63, 3.8) is 0 Å². The van der Waals surface area contributed by atoms with Gasteiger partial charge in [0.15, 0.2) is 0 Å². The molecule has 6 nitrogen and oxygen atoms in total. The SMILES string of the molecule is C=C1CC[C@H](N2Cc3c(csc3CCc3ccc(CN4CCOCC4)cc3)C2=O)C(=O)N1.[HH]. The number of benzene rings is 1. The number of hydrogen-bond acceptors (Lipinski definition) is 5.